The maximum absolute atomic E-state index is 12.9. The maximum atomic E-state index is 12.9. The monoisotopic (exact) mass is 363 g/mol. The van der Waals surface area contributed by atoms with Gasteiger partial charge >= 0.3 is 0 Å². The quantitative estimate of drug-likeness (QED) is 0.789. The first-order chi connectivity index (χ1) is 12.0. The molecule has 0 bridgehead atoms. The van der Waals surface area contributed by atoms with Gasteiger partial charge in [0.1, 0.15) is 0 Å². The van der Waals surface area contributed by atoms with Crippen molar-refractivity contribution in [1.29, 1.82) is 0 Å². The highest BCUT2D eigenvalue weighted by Crippen LogP contribution is 2.34. The number of pyridine rings is 1. The first kappa shape index (κ1) is 18.0. The molecule has 1 unspecified atom stereocenters. The second-order valence-corrected chi connectivity index (χ2v) is 8.12. The van der Waals surface area contributed by atoms with E-state index >= 15 is 0 Å². The molecule has 0 spiro atoms. The molecule has 1 fully saturated rings. The zero-order chi connectivity index (χ0) is 18.0. The fourth-order valence-corrected chi connectivity index (χ4v) is 5.20. The third-order valence-corrected chi connectivity index (χ3v) is 6.90. The summed E-state index contributed by atoms with van der Waals surface area (Å²) in [6.07, 6.45) is 7.19. The fourth-order valence-electron chi connectivity index (χ4n) is 3.35. The standard InChI is InChI=1S/C17H25N5O2S/c1-4-21(5-2)25(23,24)22-10-6-7-17(22)16-9-8-14(11-18-16)15-12-19-20(3)13-15/h8-9,11-13,17H,4-7,10H2,1-3H3. The van der Waals surface area contributed by atoms with Gasteiger partial charge in [0.2, 0.25) is 0 Å². The third-order valence-electron chi connectivity index (χ3n) is 4.70. The molecule has 8 heteroatoms. The van der Waals surface area contributed by atoms with E-state index in [1.807, 2.05) is 39.2 Å². The summed E-state index contributed by atoms with van der Waals surface area (Å²) in [5.41, 5.74) is 2.79. The van der Waals surface area contributed by atoms with Crippen LogP contribution in [-0.2, 0) is 17.3 Å². The van der Waals surface area contributed by atoms with E-state index in [1.54, 1.807) is 21.4 Å². The van der Waals surface area contributed by atoms with E-state index in [0.29, 0.717) is 19.6 Å². The largest absolute Gasteiger partial charge is 0.282 e. The van der Waals surface area contributed by atoms with E-state index in [2.05, 4.69) is 10.1 Å². The van der Waals surface area contributed by atoms with E-state index in [-0.39, 0.29) is 6.04 Å². The van der Waals surface area contributed by atoms with E-state index in [1.165, 1.54) is 4.31 Å². The summed E-state index contributed by atoms with van der Waals surface area (Å²) >= 11 is 0. The smallest absolute Gasteiger partial charge is 0.275 e. The Labute approximate surface area is 149 Å². The summed E-state index contributed by atoms with van der Waals surface area (Å²) in [6.45, 7) is 5.25. The van der Waals surface area contributed by atoms with Crippen molar-refractivity contribution in [2.75, 3.05) is 19.6 Å². The van der Waals surface area contributed by atoms with Crippen LogP contribution in [0.5, 0.6) is 0 Å². The molecule has 0 N–H and O–H groups in total. The maximum Gasteiger partial charge on any atom is 0.282 e. The van der Waals surface area contributed by atoms with Crippen LogP contribution >= 0.6 is 0 Å². The zero-order valence-electron chi connectivity index (χ0n) is 15.0. The minimum absolute atomic E-state index is 0.187. The summed E-state index contributed by atoms with van der Waals surface area (Å²) in [4.78, 5) is 4.56. The van der Waals surface area contributed by atoms with Gasteiger partial charge < -0.3 is 0 Å². The fraction of sp³-hybridized carbons (Fsp3) is 0.529. The van der Waals surface area contributed by atoms with Crippen molar-refractivity contribution in [1.82, 2.24) is 23.4 Å². The Balaban J connectivity index is 1.85. The lowest BCUT2D eigenvalue weighted by Gasteiger charge is -2.29. The van der Waals surface area contributed by atoms with Crippen LogP contribution in [0.3, 0.4) is 0 Å². The molecular weight excluding hydrogens is 338 g/mol. The lowest BCUT2D eigenvalue weighted by atomic mass is 10.1. The molecule has 2 aromatic heterocycles. The average molecular weight is 363 g/mol. The van der Waals surface area contributed by atoms with Crippen molar-refractivity contribution < 1.29 is 8.42 Å². The number of hydrogen-bond acceptors (Lipinski definition) is 4. The molecule has 136 valence electrons. The van der Waals surface area contributed by atoms with E-state index < -0.39 is 10.2 Å². The van der Waals surface area contributed by atoms with E-state index in [9.17, 15) is 8.42 Å². The molecule has 1 atom stereocenters. The molecule has 3 heterocycles. The van der Waals surface area contributed by atoms with Crippen LogP contribution in [0.1, 0.15) is 38.4 Å². The van der Waals surface area contributed by atoms with Crippen LogP contribution in [0.2, 0.25) is 0 Å². The van der Waals surface area contributed by atoms with E-state index in [0.717, 1.165) is 29.7 Å². The zero-order valence-corrected chi connectivity index (χ0v) is 15.8. The van der Waals surface area contributed by atoms with Gasteiger partial charge in [0.05, 0.1) is 17.9 Å². The first-order valence-electron chi connectivity index (χ1n) is 8.69. The molecule has 0 aromatic carbocycles. The second-order valence-electron chi connectivity index (χ2n) is 6.24. The van der Waals surface area contributed by atoms with Crippen molar-refractivity contribution in [3.63, 3.8) is 0 Å². The number of rotatable bonds is 6. The lowest BCUT2D eigenvalue weighted by Crippen LogP contribution is -2.43. The second kappa shape index (κ2) is 7.23. The molecule has 1 saturated heterocycles. The van der Waals surface area contributed by atoms with Crippen molar-refractivity contribution >= 4 is 10.2 Å². The molecule has 0 radical (unpaired) electrons. The molecule has 1 aliphatic heterocycles. The Morgan fingerprint density at radius 2 is 1.96 bits per heavy atom. The van der Waals surface area contributed by atoms with Crippen LogP contribution < -0.4 is 0 Å². The minimum Gasteiger partial charge on any atom is -0.275 e. The third kappa shape index (κ3) is 3.47. The van der Waals surface area contributed by atoms with Crippen molar-refractivity contribution in [3.05, 3.63) is 36.4 Å². The number of aromatic nitrogens is 3. The van der Waals surface area contributed by atoms with Crippen molar-refractivity contribution in [2.24, 2.45) is 7.05 Å². The summed E-state index contributed by atoms with van der Waals surface area (Å²) in [7, 11) is -1.57. The van der Waals surface area contributed by atoms with Gasteiger partial charge in [-0.1, -0.05) is 19.9 Å². The number of aryl methyl sites for hydroxylation is 1. The Morgan fingerprint density at radius 1 is 1.20 bits per heavy atom. The number of nitrogens with zero attached hydrogens (tertiary/aromatic N) is 5. The molecule has 0 aliphatic carbocycles. The topological polar surface area (TPSA) is 71.3 Å². The van der Waals surface area contributed by atoms with Crippen LogP contribution in [0.4, 0.5) is 0 Å². The summed E-state index contributed by atoms with van der Waals surface area (Å²) < 4.78 is 30.6. The van der Waals surface area contributed by atoms with Gasteiger partial charge in [0.15, 0.2) is 0 Å². The Bertz CT molecular complexity index is 812. The molecule has 0 saturated carbocycles. The number of hydrogen-bond donors (Lipinski definition) is 0. The molecule has 7 nitrogen and oxygen atoms in total. The van der Waals surface area contributed by atoms with Crippen LogP contribution in [0, 0.1) is 0 Å². The summed E-state index contributed by atoms with van der Waals surface area (Å²) in [6, 6.07) is 3.73. The predicted octanol–water partition coefficient (Wildman–Crippen LogP) is 2.21. The molecule has 0 amide bonds. The highest BCUT2D eigenvalue weighted by atomic mass is 32.2. The highest BCUT2D eigenvalue weighted by molar-refractivity contribution is 7.86. The van der Waals surface area contributed by atoms with Crippen LogP contribution in [-0.4, -0.2) is 51.4 Å². The average Bonchev–Trinajstić information content (AvgIpc) is 3.25. The van der Waals surface area contributed by atoms with Gasteiger partial charge in [-0.3, -0.25) is 9.67 Å². The molecule has 3 rings (SSSR count). The molecule has 1 aliphatic rings. The SMILES string of the molecule is CCN(CC)S(=O)(=O)N1CCCC1c1ccc(-c2cnn(C)c2)cn1. The molecular formula is C17H25N5O2S. The van der Waals surface area contributed by atoms with Crippen LogP contribution in [0.25, 0.3) is 11.1 Å². The lowest BCUT2D eigenvalue weighted by molar-refractivity contribution is 0.335. The van der Waals surface area contributed by atoms with Crippen molar-refractivity contribution in [3.8, 4) is 11.1 Å². The predicted molar refractivity (Wildman–Crippen MR) is 97.0 cm³/mol. The first-order valence-corrected chi connectivity index (χ1v) is 10.1. The Morgan fingerprint density at radius 3 is 2.52 bits per heavy atom. The van der Waals surface area contributed by atoms with Gasteiger partial charge in [-0.25, -0.2) is 0 Å². The normalized spacial score (nSPS) is 19.0. The van der Waals surface area contributed by atoms with Gasteiger partial charge in [-0.15, -0.1) is 0 Å². The molecule has 25 heavy (non-hydrogen) atoms. The Kier molecular flexibility index (Phi) is 5.21. The van der Waals surface area contributed by atoms with E-state index in [4.69, 9.17) is 0 Å². The minimum atomic E-state index is -3.44. The highest BCUT2D eigenvalue weighted by Gasteiger charge is 2.38. The summed E-state index contributed by atoms with van der Waals surface area (Å²) in [5, 5.41) is 4.17. The van der Waals surface area contributed by atoms with Crippen molar-refractivity contribution in [2.45, 2.75) is 32.7 Å². The van der Waals surface area contributed by atoms with Crippen LogP contribution in [0.15, 0.2) is 30.7 Å². The van der Waals surface area contributed by atoms with Gasteiger partial charge in [0.25, 0.3) is 10.2 Å². The van der Waals surface area contributed by atoms with Gasteiger partial charge in [0, 0.05) is 50.2 Å². The van der Waals surface area contributed by atoms with Gasteiger partial charge in [-0.2, -0.15) is 22.1 Å². The Hall–Kier alpha value is -1.77. The molecule has 2 aromatic rings. The van der Waals surface area contributed by atoms with Gasteiger partial charge in [-0.05, 0) is 18.9 Å². The summed E-state index contributed by atoms with van der Waals surface area (Å²) in [5.74, 6) is 0.